The predicted molar refractivity (Wildman–Crippen MR) is 78.2 cm³/mol. The number of carboxylic acids is 1. The molecule has 21 heavy (non-hydrogen) atoms. The summed E-state index contributed by atoms with van der Waals surface area (Å²) in [6, 6.07) is 10.00. The molecule has 3 rings (SSSR count). The quantitative estimate of drug-likeness (QED) is 0.845. The van der Waals surface area contributed by atoms with Gasteiger partial charge in [0.25, 0.3) is 6.02 Å². The van der Waals surface area contributed by atoms with E-state index in [1.54, 1.807) is 0 Å². The fourth-order valence-electron chi connectivity index (χ4n) is 2.72. The van der Waals surface area contributed by atoms with Crippen molar-refractivity contribution in [1.82, 2.24) is 10.2 Å². The average Bonchev–Trinajstić information content (AvgIpc) is 2.90. The molecule has 0 bridgehead atoms. The van der Waals surface area contributed by atoms with Crippen LogP contribution in [0.5, 0.6) is 0 Å². The number of hydrogen-bond donors (Lipinski definition) is 2. The van der Waals surface area contributed by atoms with Crippen molar-refractivity contribution >= 4 is 12.0 Å². The summed E-state index contributed by atoms with van der Waals surface area (Å²) in [6.45, 7) is 3.71. The van der Waals surface area contributed by atoms with Crippen LogP contribution in [0.25, 0.3) is 0 Å². The van der Waals surface area contributed by atoms with Crippen LogP contribution < -0.4 is 5.32 Å². The molecule has 1 unspecified atom stereocenters. The highest BCUT2D eigenvalue weighted by Gasteiger charge is 2.34. The SMILES string of the molecule is C[C@@H]1N=C(N2CCNC(C(=O)O)C2)O[C@H]1c1ccccc1. The molecule has 1 aromatic carbocycles. The fraction of sp³-hybridized carbons (Fsp3) is 0.467. The minimum absolute atomic E-state index is 0.0283. The molecule has 6 heteroatoms. The highest BCUT2D eigenvalue weighted by atomic mass is 16.5. The van der Waals surface area contributed by atoms with Crippen LogP contribution in [-0.2, 0) is 9.53 Å². The highest BCUT2D eigenvalue weighted by molar-refractivity contribution is 5.79. The molecule has 0 amide bonds. The smallest absolute Gasteiger partial charge is 0.322 e. The van der Waals surface area contributed by atoms with Crippen molar-refractivity contribution in [3.63, 3.8) is 0 Å². The molecule has 0 saturated carbocycles. The number of amidine groups is 1. The van der Waals surface area contributed by atoms with E-state index in [4.69, 9.17) is 9.84 Å². The monoisotopic (exact) mass is 289 g/mol. The van der Waals surface area contributed by atoms with Gasteiger partial charge in [0.1, 0.15) is 12.1 Å². The number of aliphatic carboxylic acids is 1. The van der Waals surface area contributed by atoms with Crippen LogP contribution in [0.2, 0.25) is 0 Å². The van der Waals surface area contributed by atoms with Gasteiger partial charge in [-0.05, 0) is 12.5 Å². The maximum atomic E-state index is 11.1. The molecular formula is C15H19N3O3. The molecule has 1 aromatic rings. The number of aliphatic imine (C=N–C) groups is 1. The molecule has 1 fully saturated rings. The number of nitrogens with zero attached hydrogens (tertiary/aromatic N) is 2. The van der Waals surface area contributed by atoms with Crippen molar-refractivity contribution in [1.29, 1.82) is 0 Å². The molecule has 2 heterocycles. The van der Waals surface area contributed by atoms with Gasteiger partial charge < -0.3 is 20.1 Å². The maximum Gasteiger partial charge on any atom is 0.322 e. The Morgan fingerprint density at radius 1 is 1.43 bits per heavy atom. The normalized spacial score (nSPS) is 28.9. The average molecular weight is 289 g/mol. The Kier molecular flexibility index (Phi) is 3.79. The lowest BCUT2D eigenvalue weighted by atomic mass is 10.0. The van der Waals surface area contributed by atoms with Crippen molar-refractivity contribution in [3.8, 4) is 0 Å². The van der Waals surface area contributed by atoms with Crippen LogP contribution in [0.15, 0.2) is 35.3 Å². The molecule has 112 valence electrons. The minimum atomic E-state index is -0.842. The van der Waals surface area contributed by atoms with Crippen LogP contribution in [-0.4, -0.2) is 53.7 Å². The number of benzene rings is 1. The van der Waals surface area contributed by atoms with Crippen molar-refractivity contribution in [2.45, 2.75) is 25.1 Å². The lowest BCUT2D eigenvalue weighted by Crippen LogP contribution is -2.55. The van der Waals surface area contributed by atoms with Crippen molar-refractivity contribution in [2.24, 2.45) is 4.99 Å². The first-order valence-electron chi connectivity index (χ1n) is 7.15. The Balaban J connectivity index is 1.70. The summed E-state index contributed by atoms with van der Waals surface area (Å²) < 4.78 is 5.98. The summed E-state index contributed by atoms with van der Waals surface area (Å²) >= 11 is 0. The van der Waals surface area contributed by atoms with Crippen LogP contribution in [0, 0.1) is 0 Å². The molecule has 0 aromatic heterocycles. The van der Waals surface area contributed by atoms with E-state index in [0.29, 0.717) is 25.7 Å². The van der Waals surface area contributed by atoms with Gasteiger partial charge in [0, 0.05) is 19.6 Å². The number of nitrogens with one attached hydrogen (secondary N) is 1. The largest absolute Gasteiger partial charge is 0.480 e. The Morgan fingerprint density at radius 3 is 2.90 bits per heavy atom. The van der Waals surface area contributed by atoms with Crippen molar-refractivity contribution in [3.05, 3.63) is 35.9 Å². The van der Waals surface area contributed by atoms with E-state index in [-0.39, 0.29) is 12.1 Å². The summed E-state index contributed by atoms with van der Waals surface area (Å²) in [5.74, 6) is -0.842. The van der Waals surface area contributed by atoms with Crippen LogP contribution in [0.1, 0.15) is 18.6 Å². The minimum Gasteiger partial charge on any atom is -0.480 e. The molecule has 0 aliphatic carbocycles. The van der Waals surface area contributed by atoms with Crippen LogP contribution in [0.4, 0.5) is 0 Å². The second-order valence-electron chi connectivity index (χ2n) is 5.39. The van der Waals surface area contributed by atoms with Gasteiger partial charge in [-0.3, -0.25) is 4.79 Å². The second-order valence-corrected chi connectivity index (χ2v) is 5.39. The van der Waals surface area contributed by atoms with E-state index < -0.39 is 12.0 Å². The van der Waals surface area contributed by atoms with Gasteiger partial charge in [0.05, 0.1) is 6.04 Å². The fourth-order valence-corrected chi connectivity index (χ4v) is 2.72. The lowest BCUT2D eigenvalue weighted by molar-refractivity contribution is -0.140. The highest BCUT2D eigenvalue weighted by Crippen LogP contribution is 2.29. The number of carboxylic acid groups (broad SMARTS) is 1. The Morgan fingerprint density at radius 2 is 2.19 bits per heavy atom. The van der Waals surface area contributed by atoms with Gasteiger partial charge in [-0.2, -0.15) is 0 Å². The first-order valence-corrected chi connectivity index (χ1v) is 7.15. The lowest BCUT2D eigenvalue weighted by Gasteiger charge is -2.32. The van der Waals surface area contributed by atoms with Crippen molar-refractivity contribution < 1.29 is 14.6 Å². The Bertz CT molecular complexity index is 546. The molecule has 2 N–H and O–H groups in total. The zero-order valence-corrected chi connectivity index (χ0v) is 11.9. The first-order chi connectivity index (χ1) is 10.1. The van der Waals surface area contributed by atoms with Gasteiger partial charge >= 0.3 is 5.97 Å². The van der Waals surface area contributed by atoms with Crippen LogP contribution >= 0.6 is 0 Å². The van der Waals surface area contributed by atoms with Gasteiger partial charge in [-0.1, -0.05) is 30.3 Å². The summed E-state index contributed by atoms with van der Waals surface area (Å²) in [5.41, 5.74) is 1.09. The molecule has 6 nitrogen and oxygen atoms in total. The first kappa shape index (κ1) is 13.9. The summed E-state index contributed by atoms with van der Waals surface area (Å²) in [5, 5.41) is 12.1. The predicted octanol–water partition coefficient (Wildman–Crippen LogP) is 0.861. The third-order valence-electron chi connectivity index (χ3n) is 3.86. The number of carbonyl (C=O) groups is 1. The molecule has 2 aliphatic heterocycles. The third kappa shape index (κ3) is 2.85. The standard InChI is InChI=1S/C15H19N3O3/c1-10-13(11-5-3-2-4-6-11)21-15(17-10)18-8-7-16-12(9-18)14(19)20/h2-6,10,12-13,16H,7-9H2,1H3,(H,19,20)/t10-,12?,13+/m0/s1. The van der Waals surface area contributed by atoms with Gasteiger partial charge in [-0.25, -0.2) is 4.99 Å². The summed E-state index contributed by atoms with van der Waals surface area (Å²) in [7, 11) is 0. The van der Waals surface area contributed by atoms with Crippen LogP contribution in [0.3, 0.4) is 0 Å². The van der Waals surface area contributed by atoms with Crippen molar-refractivity contribution in [2.75, 3.05) is 19.6 Å². The molecule has 0 spiro atoms. The molecule has 1 saturated heterocycles. The van der Waals surface area contributed by atoms with Gasteiger partial charge in [-0.15, -0.1) is 0 Å². The van der Waals surface area contributed by atoms with Gasteiger partial charge in [0.15, 0.2) is 0 Å². The molecule has 2 aliphatic rings. The molecule has 3 atom stereocenters. The topological polar surface area (TPSA) is 74.2 Å². The third-order valence-corrected chi connectivity index (χ3v) is 3.86. The van der Waals surface area contributed by atoms with E-state index in [2.05, 4.69) is 10.3 Å². The van der Waals surface area contributed by atoms with E-state index in [1.165, 1.54) is 0 Å². The zero-order chi connectivity index (χ0) is 14.8. The number of ether oxygens (including phenoxy) is 1. The number of rotatable bonds is 2. The summed E-state index contributed by atoms with van der Waals surface area (Å²) in [6.07, 6.45) is -0.0978. The Hall–Kier alpha value is -2.08. The second kappa shape index (κ2) is 5.73. The Labute approximate surface area is 123 Å². The maximum absolute atomic E-state index is 11.1. The van der Waals surface area contributed by atoms with E-state index in [1.807, 2.05) is 42.2 Å². The zero-order valence-electron chi connectivity index (χ0n) is 11.9. The summed E-state index contributed by atoms with van der Waals surface area (Å²) in [4.78, 5) is 17.6. The molecular weight excluding hydrogens is 270 g/mol. The van der Waals surface area contributed by atoms with E-state index in [9.17, 15) is 4.79 Å². The van der Waals surface area contributed by atoms with E-state index >= 15 is 0 Å². The number of hydrogen-bond acceptors (Lipinski definition) is 5. The molecule has 0 radical (unpaired) electrons. The van der Waals surface area contributed by atoms with Gasteiger partial charge in [0.2, 0.25) is 0 Å². The van der Waals surface area contributed by atoms with E-state index in [0.717, 1.165) is 5.56 Å². The number of piperazine rings is 1.